The van der Waals surface area contributed by atoms with E-state index in [1.165, 1.54) is 16.1 Å². The van der Waals surface area contributed by atoms with E-state index in [0.29, 0.717) is 5.02 Å². The standard InChI is InChI=1S/C17H19ClN4S/c1-11-16-13(10-23-11)17(22-7-5-21(2)6-8-22)20-15-9-12(18)3-4-14(15)19-16/h3-4,9-10,19H,5-8H2,1-2H3. The van der Waals surface area contributed by atoms with E-state index in [9.17, 15) is 0 Å². The van der Waals surface area contributed by atoms with Crippen LogP contribution in [0.2, 0.25) is 5.02 Å². The monoisotopic (exact) mass is 346 g/mol. The van der Waals surface area contributed by atoms with Gasteiger partial charge in [0.1, 0.15) is 5.84 Å². The van der Waals surface area contributed by atoms with Gasteiger partial charge >= 0.3 is 0 Å². The van der Waals surface area contributed by atoms with Crippen LogP contribution in [0.15, 0.2) is 28.6 Å². The van der Waals surface area contributed by atoms with Crippen LogP contribution in [-0.4, -0.2) is 48.9 Å². The number of aliphatic imine (C=N–C) groups is 1. The summed E-state index contributed by atoms with van der Waals surface area (Å²) in [5.74, 6) is 1.06. The second-order valence-corrected chi connectivity index (χ2v) is 7.61. The van der Waals surface area contributed by atoms with Crippen molar-refractivity contribution in [1.29, 1.82) is 0 Å². The Kier molecular flexibility index (Phi) is 3.79. The lowest BCUT2D eigenvalue weighted by molar-refractivity contribution is 0.216. The maximum atomic E-state index is 6.18. The van der Waals surface area contributed by atoms with E-state index in [4.69, 9.17) is 16.6 Å². The van der Waals surface area contributed by atoms with Gasteiger partial charge in [0, 0.05) is 41.5 Å². The summed E-state index contributed by atoms with van der Waals surface area (Å²) in [5.41, 5.74) is 4.30. The molecular formula is C17H19ClN4S. The maximum Gasteiger partial charge on any atom is 0.139 e. The van der Waals surface area contributed by atoms with Crippen LogP contribution in [0.5, 0.6) is 0 Å². The zero-order valence-corrected chi connectivity index (χ0v) is 14.8. The third-order valence-electron chi connectivity index (χ3n) is 4.46. The fourth-order valence-electron chi connectivity index (χ4n) is 3.05. The van der Waals surface area contributed by atoms with Crippen molar-refractivity contribution < 1.29 is 0 Å². The molecule has 0 saturated carbocycles. The highest BCUT2D eigenvalue weighted by Gasteiger charge is 2.25. The minimum absolute atomic E-state index is 0.716. The Bertz CT molecular complexity index is 775. The molecule has 3 heterocycles. The van der Waals surface area contributed by atoms with Gasteiger partial charge in [0.2, 0.25) is 0 Å². The highest BCUT2D eigenvalue weighted by molar-refractivity contribution is 7.10. The number of likely N-dealkylation sites (N-methyl/N-ethyl adjacent to an activating group) is 1. The molecule has 1 aromatic carbocycles. The number of fused-ring (bicyclic) bond motifs is 2. The molecule has 120 valence electrons. The summed E-state index contributed by atoms with van der Waals surface area (Å²) in [6, 6.07) is 5.85. The molecule has 0 spiro atoms. The average Bonchev–Trinajstić information content (AvgIpc) is 2.80. The van der Waals surface area contributed by atoms with E-state index < -0.39 is 0 Å². The van der Waals surface area contributed by atoms with Crippen molar-refractivity contribution in [1.82, 2.24) is 9.80 Å². The number of aryl methyl sites for hydroxylation is 1. The van der Waals surface area contributed by atoms with E-state index in [-0.39, 0.29) is 0 Å². The van der Waals surface area contributed by atoms with Crippen LogP contribution in [0.4, 0.5) is 17.1 Å². The van der Waals surface area contributed by atoms with E-state index >= 15 is 0 Å². The Balaban J connectivity index is 1.83. The van der Waals surface area contributed by atoms with Crippen molar-refractivity contribution >= 4 is 45.8 Å². The summed E-state index contributed by atoms with van der Waals surface area (Å²) < 4.78 is 0. The topological polar surface area (TPSA) is 30.9 Å². The Morgan fingerprint density at radius 3 is 2.78 bits per heavy atom. The number of piperazine rings is 1. The molecule has 1 aromatic heterocycles. The highest BCUT2D eigenvalue weighted by Crippen LogP contribution is 2.40. The van der Waals surface area contributed by atoms with Gasteiger partial charge in [-0.2, -0.15) is 0 Å². The molecule has 0 aliphatic carbocycles. The van der Waals surface area contributed by atoms with Crippen LogP contribution in [0.1, 0.15) is 10.4 Å². The second kappa shape index (κ2) is 5.82. The molecular weight excluding hydrogens is 328 g/mol. The van der Waals surface area contributed by atoms with Crippen LogP contribution in [0.3, 0.4) is 0 Å². The third kappa shape index (κ3) is 2.73. The minimum Gasteiger partial charge on any atom is -0.353 e. The largest absolute Gasteiger partial charge is 0.353 e. The Morgan fingerprint density at radius 1 is 1.22 bits per heavy atom. The van der Waals surface area contributed by atoms with Crippen molar-refractivity contribution in [2.45, 2.75) is 6.92 Å². The van der Waals surface area contributed by atoms with Crippen LogP contribution >= 0.6 is 22.9 Å². The van der Waals surface area contributed by atoms with Crippen molar-refractivity contribution in [3.8, 4) is 0 Å². The van der Waals surface area contributed by atoms with Gasteiger partial charge in [0.05, 0.1) is 22.6 Å². The summed E-state index contributed by atoms with van der Waals surface area (Å²) in [4.78, 5) is 11.0. The summed E-state index contributed by atoms with van der Waals surface area (Å²) in [5, 5.41) is 6.48. The number of benzene rings is 1. The molecule has 2 aromatic rings. The molecule has 6 heteroatoms. The average molecular weight is 347 g/mol. The zero-order chi connectivity index (χ0) is 16.0. The molecule has 0 amide bonds. The van der Waals surface area contributed by atoms with Gasteiger partial charge in [-0.05, 0) is 32.2 Å². The number of amidine groups is 1. The van der Waals surface area contributed by atoms with Crippen molar-refractivity contribution in [3.63, 3.8) is 0 Å². The second-order valence-electron chi connectivity index (χ2n) is 6.09. The quantitative estimate of drug-likeness (QED) is 0.779. The lowest BCUT2D eigenvalue weighted by Crippen LogP contribution is -2.47. The number of anilines is 2. The zero-order valence-electron chi connectivity index (χ0n) is 13.3. The van der Waals surface area contributed by atoms with E-state index in [2.05, 4.69) is 34.5 Å². The van der Waals surface area contributed by atoms with Crippen molar-refractivity contribution in [2.24, 2.45) is 4.99 Å². The summed E-state index contributed by atoms with van der Waals surface area (Å²) >= 11 is 7.95. The lowest BCUT2D eigenvalue weighted by atomic mass is 10.2. The molecule has 0 radical (unpaired) electrons. The SMILES string of the molecule is Cc1scc2c1Nc1ccc(Cl)cc1N=C2N1CCN(C)CC1. The number of rotatable bonds is 0. The molecule has 0 unspecified atom stereocenters. The first-order chi connectivity index (χ1) is 11.1. The molecule has 1 saturated heterocycles. The van der Waals surface area contributed by atoms with Gasteiger partial charge in [-0.1, -0.05) is 11.6 Å². The van der Waals surface area contributed by atoms with Gasteiger partial charge in [0.25, 0.3) is 0 Å². The van der Waals surface area contributed by atoms with Crippen molar-refractivity contribution in [2.75, 3.05) is 38.5 Å². The van der Waals surface area contributed by atoms with E-state index in [1.54, 1.807) is 11.3 Å². The smallest absolute Gasteiger partial charge is 0.139 e. The molecule has 2 aliphatic rings. The number of hydrogen-bond donors (Lipinski definition) is 1. The number of halogens is 1. The molecule has 4 nitrogen and oxygen atoms in total. The van der Waals surface area contributed by atoms with Gasteiger partial charge in [-0.25, -0.2) is 4.99 Å². The number of nitrogens with zero attached hydrogens (tertiary/aromatic N) is 3. The Morgan fingerprint density at radius 2 is 2.00 bits per heavy atom. The first-order valence-electron chi connectivity index (χ1n) is 7.79. The molecule has 0 atom stereocenters. The summed E-state index contributed by atoms with van der Waals surface area (Å²) in [7, 11) is 2.17. The minimum atomic E-state index is 0.716. The normalized spacial score (nSPS) is 17.9. The number of nitrogens with one attached hydrogen (secondary N) is 1. The molecule has 23 heavy (non-hydrogen) atoms. The molecule has 2 aliphatic heterocycles. The Labute approximate surface area is 145 Å². The van der Waals surface area contributed by atoms with Gasteiger partial charge in [-0.15, -0.1) is 11.3 Å². The van der Waals surface area contributed by atoms with Crippen LogP contribution in [0.25, 0.3) is 0 Å². The molecule has 1 N–H and O–H groups in total. The molecule has 1 fully saturated rings. The molecule has 4 rings (SSSR count). The summed E-state index contributed by atoms with van der Waals surface area (Å²) in [6.45, 7) is 6.28. The van der Waals surface area contributed by atoms with E-state index in [1.807, 2.05) is 18.2 Å². The fraction of sp³-hybridized carbons (Fsp3) is 0.353. The third-order valence-corrected chi connectivity index (χ3v) is 5.61. The fourth-order valence-corrected chi connectivity index (χ4v) is 4.01. The van der Waals surface area contributed by atoms with Crippen LogP contribution in [-0.2, 0) is 0 Å². The van der Waals surface area contributed by atoms with Gasteiger partial charge in [-0.3, -0.25) is 0 Å². The van der Waals surface area contributed by atoms with Gasteiger partial charge in [0.15, 0.2) is 0 Å². The first kappa shape index (κ1) is 15.0. The number of hydrogen-bond acceptors (Lipinski definition) is 5. The summed E-state index contributed by atoms with van der Waals surface area (Å²) in [6.07, 6.45) is 0. The predicted octanol–water partition coefficient (Wildman–Crippen LogP) is 4.09. The molecule has 0 bridgehead atoms. The van der Waals surface area contributed by atoms with Gasteiger partial charge < -0.3 is 15.1 Å². The first-order valence-corrected chi connectivity index (χ1v) is 9.05. The Hall–Kier alpha value is -1.56. The van der Waals surface area contributed by atoms with Crippen LogP contribution in [0, 0.1) is 6.92 Å². The predicted molar refractivity (Wildman–Crippen MR) is 99.1 cm³/mol. The van der Waals surface area contributed by atoms with Crippen LogP contribution < -0.4 is 5.32 Å². The number of thiophene rings is 1. The van der Waals surface area contributed by atoms with Crippen molar-refractivity contribution in [3.05, 3.63) is 39.0 Å². The van der Waals surface area contributed by atoms with E-state index in [0.717, 1.165) is 43.4 Å². The highest BCUT2D eigenvalue weighted by atomic mass is 35.5. The lowest BCUT2D eigenvalue weighted by Gasteiger charge is -2.34. The maximum absolute atomic E-state index is 6.18.